The maximum absolute atomic E-state index is 12.0. The zero-order valence-corrected chi connectivity index (χ0v) is 7.25. The molecule has 0 aromatic heterocycles. The average Bonchev–Trinajstić information content (AvgIpc) is 2.51. The Labute approximate surface area is 72.3 Å². The molecule has 0 saturated carbocycles. The van der Waals surface area contributed by atoms with E-state index in [2.05, 4.69) is 4.90 Å². The average molecular weight is 176 g/mol. The lowest BCUT2D eigenvalue weighted by molar-refractivity contribution is 0.0856. The molecule has 0 amide bonds. The number of rotatable bonds is 4. The van der Waals surface area contributed by atoms with Crippen molar-refractivity contribution in [3.8, 4) is 0 Å². The summed E-state index contributed by atoms with van der Waals surface area (Å²) in [7, 11) is 0. The maximum atomic E-state index is 12.0. The van der Waals surface area contributed by atoms with Gasteiger partial charge in [-0.1, -0.05) is 0 Å². The summed E-state index contributed by atoms with van der Waals surface area (Å²) in [5.41, 5.74) is 5.52. The number of aliphatic hydroxyl groups excluding tert-OH is 1. The van der Waals surface area contributed by atoms with Crippen molar-refractivity contribution in [1.29, 1.82) is 0 Å². The van der Waals surface area contributed by atoms with Gasteiger partial charge in [0, 0.05) is 19.1 Å². The van der Waals surface area contributed by atoms with Gasteiger partial charge < -0.3 is 10.8 Å². The number of alkyl halides is 1. The molecule has 3 N–H and O–H groups in total. The monoisotopic (exact) mass is 176 g/mol. The van der Waals surface area contributed by atoms with E-state index in [0.29, 0.717) is 19.1 Å². The fourth-order valence-corrected chi connectivity index (χ4v) is 1.72. The molecule has 2 atom stereocenters. The van der Waals surface area contributed by atoms with Crippen molar-refractivity contribution in [2.45, 2.75) is 25.0 Å². The summed E-state index contributed by atoms with van der Waals surface area (Å²) in [6.07, 6.45) is 1.35. The number of likely N-dealkylation sites (tertiary alicyclic amines) is 1. The van der Waals surface area contributed by atoms with E-state index in [-0.39, 0.29) is 0 Å². The quantitative estimate of drug-likeness (QED) is 0.620. The maximum Gasteiger partial charge on any atom is 0.117 e. The third-order valence-corrected chi connectivity index (χ3v) is 2.39. The Morgan fingerprint density at radius 1 is 1.67 bits per heavy atom. The van der Waals surface area contributed by atoms with Crippen LogP contribution in [0.1, 0.15) is 12.8 Å². The van der Waals surface area contributed by atoms with E-state index in [1.807, 2.05) is 0 Å². The first-order chi connectivity index (χ1) is 5.77. The largest absolute Gasteiger partial charge is 0.389 e. The van der Waals surface area contributed by atoms with Crippen molar-refractivity contribution >= 4 is 0 Å². The van der Waals surface area contributed by atoms with Gasteiger partial charge in [0.05, 0.1) is 6.10 Å². The van der Waals surface area contributed by atoms with E-state index in [1.54, 1.807) is 0 Å². The summed E-state index contributed by atoms with van der Waals surface area (Å²) in [6, 6.07) is 0.353. The lowest BCUT2D eigenvalue weighted by Crippen LogP contribution is -2.40. The van der Waals surface area contributed by atoms with Crippen LogP contribution in [0.25, 0.3) is 0 Å². The Bertz CT molecular complexity index is 134. The molecule has 1 heterocycles. The predicted molar refractivity (Wildman–Crippen MR) is 45.6 cm³/mol. The molecule has 0 aromatic rings. The fourth-order valence-electron chi connectivity index (χ4n) is 1.72. The molecular formula is C8H17FN2O. The molecule has 1 aliphatic rings. The highest BCUT2D eigenvalue weighted by molar-refractivity contribution is 4.81. The zero-order chi connectivity index (χ0) is 8.97. The van der Waals surface area contributed by atoms with Crippen molar-refractivity contribution < 1.29 is 9.50 Å². The topological polar surface area (TPSA) is 49.5 Å². The van der Waals surface area contributed by atoms with Crippen molar-refractivity contribution in [3.05, 3.63) is 0 Å². The molecule has 72 valence electrons. The van der Waals surface area contributed by atoms with Gasteiger partial charge in [0.2, 0.25) is 0 Å². The normalized spacial score (nSPS) is 27.8. The highest BCUT2D eigenvalue weighted by Gasteiger charge is 2.24. The predicted octanol–water partition coefficient (Wildman–Crippen LogP) is -0.260. The van der Waals surface area contributed by atoms with Gasteiger partial charge >= 0.3 is 0 Å². The van der Waals surface area contributed by atoms with Crippen molar-refractivity contribution in [3.63, 3.8) is 0 Å². The van der Waals surface area contributed by atoms with Crippen LogP contribution in [-0.2, 0) is 0 Å². The molecule has 4 heteroatoms. The first-order valence-electron chi connectivity index (χ1n) is 4.46. The number of halogens is 1. The van der Waals surface area contributed by atoms with Crippen LogP contribution in [0.4, 0.5) is 4.39 Å². The van der Waals surface area contributed by atoms with Crippen LogP contribution in [0, 0.1) is 0 Å². The van der Waals surface area contributed by atoms with E-state index in [1.165, 1.54) is 0 Å². The van der Waals surface area contributed by atoms with Crippen molar-refractivity contribution in [2.24, 2.45) is 5.73 Å². The molecule has 1 rings (SSSR count). The van der Waals surface area contributed by atoms with Crippen LogP contribution in [0.5, 0.6) is 0 Å². The Kier molecular flexibility index (Phi) is 3.91. The van der Waals surface area contributed by atoms with Gasteiger partial charge in [0.25, 0.3) is 0 Å². The number of nitrogens with two attached hydrogens (primary N) is 1. The van der Waals surface area contributed by atoms with Crippen LogP contribution in [0.15, 0.2) is 0 Å². The minimum absolute atomic E-state index is 0.353. The highest BCUT2D eigenvalue weighted by Crippen LogP contribution is 2.15. The minimum Gasteiger partial charge on any atom is -0.389 e. The summed E-state index contributed by atoms with van der Waals surface area (Å²) in [6.45, 7) is 1.32. The number of hydrogen-bond donors (Lipinski definition) is 2. The molecule has 0 bridgehead atoms. The lowest BCUT2D eigenvalue weighted by Gasteiger charge is -2.24. The van der Waals surface area contributed by atoms with Gasteiger partial charge in [-0.15, -0.1) is 0 Å². The van der Waals surface area contributed by atoms with E-state index in [0.717, 1.165) is 19.4 Å². The lowest BCUT2D eigenvalue weighted by atomic mass is 10.2. The molecule has 0 aliphatic carbocycles. The van der Waals surface area contributed by atoms with Crippen LogP contribution < -0.4 is 5.73 Å². The number of hydrogen-bond acceptors (Lipinski definition) is 3. The molecule has 3 nitrogen and oxygen atoms in total. The van der Waals surface area contributed by atoms with Gasteiger partial charge in [0.1, 0.15) is 6.67 Å². The molecular weight excluding hydrogens is 159 g/mol. The number of β-amino-alcohol motifs (C(OH)–C–C–N with tert-alkyl or cyclic N) is 1. The SMILES string of the molecule is NC[C@H]1CCCN1CC(O)CF. The van der Waals surface area contributed by atoms with Gasteiger partial charge in [-0.3, -0.25) is 4.90 Å². The molecule has 1 aliphatic heterocycles. The minimum atomic E-state index is -0.836. The van der Waals surface area contributed by atoms with E-state index in [9.17, 15) is 4.39 Å². The summed E-state index contributed by atoms with van der Waals surface area (Å²) < 4.78 is 12.0. The Morgan fingerprint density at radius 3 is 3.00 bits per heavy atom. The van der Waals surface area contributed by atoms with E-state index < -0.39 is 12.8 Å². The molecule has 0 spiro atoms. The summed E-state index contributed by atoms with van der Waals surface area (Å²) in [4.78, 5) is 2.07. The second-order valence-corrected chi connectivity index (χ2v) is 3.33. The second-order valence-electron chi connectivity index (χ2n) is 3.33. The fraction of sp³-hybridized carbons (Fsp3) is 1.00. The molecule has 1 saturated heterocycles. The van der Waals surface area contributed by atoms with Gasteiger partial charge in [-0.25, -0.2) is 4.39 Å². The molecule has 0 radical (unpaired) electrons. The Morgan fingerprint density at radius 2 is 2.42 bits per heavy atom. The smallest absolute Gasteiger partial charge is 0.117 e. The standard InChI is InChI=1S/C8H17FN2O/c9-4-8(12)6-11-3-1-2-7(11)5-10/h7-8,12H,1-6,10H2/t7-,8?/m1/s1. The van der Waals surface area contributed by atoms with Crippen molar-refractivity contribution in [1.82, 2.24) is 4.90 Å². The Hall–Kier alpha value is -0.190. The number of nitrogens with zero attached hydrogens (tertiary/aromatic N) is 1. The van der Waals surface area contributed by atoms with Crippen LogP contribution in [0.2, 0.25) is 0 Å². The summed E-state index contributed by atoms with van der Waals surface area (Å²) in [5, 5.41) is 9.07. The van der Waals surface area contributed by atoms with Crippen LogP contribution in [0.3, 0.4) is 0 Å². The first kappa shape index (κ1) is 9.89. The highest BCUT2D eigenvalue weighted by atomic mass is 19.1. The third kappa shape index (κ3) is 2.40. The van der Waals surface area contributed by atoms with Gasteiger partial charge in [-0.05, 0) is 19.4 Å². The second kappa shape index (κ2) is 4.74. The van der Waals surface area contributed by atoms with Crippen LogP contribution >= 0.6 is 0 Å². The van der Waals surface area contributed by atoms with Gasteiger partial charge in [0.15, 0.2) is 0 Å². The van der Waals surface area contributed by atoms with E-state index in [4.69, 9.17) is 10.8 Å². The number of aliphatic hydroxyl groups is 1. The molecule has 0 aromatic carbocycles. The zero-order valence-electron chi connectivity index (χ0n) is 7.25. The van der Waals surface area contributed by atoms with E-state index >= 15 is 0 Å². The molecule has 1 unspecified atom stereocenters. The third-order valence-electron chi connectivity index (χ3n) is 2.39. The molecule has 12 heavy (non-hydrogen) atoms. The summed E-state index contributed by atoms with van der Waals surface area (Å²) >= 11 is 0. The van der Waals surface area contributed by atoms with Crippen LogP contribution in [-0.4, -0.2) is 48.5 Å². The molecule has 1 fully saturated rings. The first-order valence-corrected chi connectivity index (χ1v) is 4.46. The van der Waals surface area contributed by atoms with Gasteiger partial charge in [-0.2, -0.15) is 0 Å². The summed E-state index contributed by atoms with van der Waals surface area (Å²) in [5.74, 6) is 0. The van der Waals surface area contributed by atoms with Crippen molar-refractivity contribution in [2.75, 3.05) is 26.3 Å². The Balaban J connectivity index is 2.30.